The second-order valence-electron chi connectivity index (χ2n) is 7.51. The number of amides is 1. The van der Waals surface area contributed by atoms with Crippen molar-refractivity contribution >= 4 is 23.5 Å². The van der Waals surface area contributed by atoms with Crippen LogP contribution >= 0.6 is 11.8 Å². The number of nitrogens with zero attached hydrogens (tertiary/aromatic N) is 5. The van der Waals surface area contributed by atoms with Gasteiger partial charge in [0.25, 0.3) is 5.91 Å². The molecule has 1 N–H and O–H groups in total. The summed E-state index contributed by atoms with van der Waals surface area (Å²) in [5.74, 6) is 0.505. The van der Waals surface area contributed by atoms with Gasteiger partial charge in [0.15, 0.2) is 5.82 Å². The van der Waals surface area contributed by atoms with E-state index in [0.29, 0.717) is 27.8 Å². The lowest BCUT2D eigenvalue weighted by atomic mass is 10.2. The van der Waals surface area contributed by atoms with Crippen LogP contribution < -0.4 is 5.32 Å². The van der Waals surface area contributed by atoms with Crippen molar-refractivity contribution in [3.8, 4) is 11.5 Å². The van der Waals surface area contributed by atoms with Crippen molar-refractivity contribution in [2.45, 2.75) is 36.0 Å². The third-order valence-electron chi connectivity index (χ3n) is 4.68. The lowest BCUT2D eigenvalue weighted by Crippen LogP contribution is -2.13. The molecular formula is C23H19F3N6OS. The van der Waals surface area contributed by atoms with E-state index in [9.17, 15) is 18.0 Å². The lowest BCUT2D eigenvalue weighted by molar-refractivity contribution is -0.141. The molecule has 0 unspecified atom stereocenters. The van der Waals surface area contributed by atoms with Crippen LogP contribution in [0.1, 0.15) is 35.9 Å². The number of rotatable bonds is 6. The molecule has 1 amide bonds. The van der Waals surface area contributed by atoms with Gasteiger partial charge in [0.2, 0.25) is 0 Å². The Morgan fingerprint density at radius 2 is 1.79 bits per heavy atom. The molecule has 3 aromatic heterocycles. The maximum Gasteiger partial charge on any atom is 0.433 e. The van der Waals surface area contributed by atoms with Gasteiger partial charge >= 0.3 is 6.18 Å². The highest BCUT2D eigenvalue weighted by Crippen LogP contribution is 2.32. The first-order valence-electron chi connectivity index (χ1n) is 10.2. The zero-order valence-corrected chi connectivity index (χ0v) is 18.9. The molecule has 4 rings (SSSR count). The number of carbonyl (C=O) groups is 1. The van der Waals surface area contributed by atoms with E-state index in [-0.39, 0.29) is 11.1 Å². The maximum atomic E-state index is 12.9. The second-order valence-corrected chi connectivity index (χ2v) is 8.60. The Morgan fingerprint density at radius 1 is 1.03 bits per heavy atom. The summed E-state index contributed by atoms with van der Waals surface area (Å²) in [6, 6.07) is 15.6. The van der Waals surface area contributed by atoms with Gasteiger partial charge in [-0.05, 0) is 56.3 Å². The smallest absolute Gasteiger partial charge is 0.310 e. The van der Waals surface area contributed by atoms with E-state index in [1.165, 1.54) is 12.1 Å². The molecule has 0 aliphatic heterocycles. The molecule has 0 bridgehead atoms. The minimum atomic E-state index is -4.53. The fourth-order valence-corrected chi connectivity index (χ4v) is 3.94. The zero-order valence-electron chi connectivity index (χ0n) is 18.1. The molecule has 174 valence electrons. The standard InChI is InChI=1S/C23H19F3N6OS/c1-14(2)32-13-27-31-21(32)17-8-4-10-19(28-17)30-22(33)15-6-3-7-16(12-15)34-20-11-5-9-18(29-20)23(24,25)26/h3-14H,1-2H3,(H,28,30,33). The summed E-state index contributed by atoms with van der Waals surface area (Å²) in [6.45, 7) is 4.00. The van der Waals surface area contributed by atoms with E-state index in [4.69, 9.17) is 0 Å². The summed E-state index contributed by atoms with van der Waals surface area (Å²) in [6.07, 6.45) is -2.91. The molecule has 0 fully saturated rings. The highest BCUT2D eigenvalue weighted by Gasteiger charge is 2.32. The highest BCUT2D eigenvalue weighted by atomic mass is 32.2. The topological polar surface area (TPSA) is 85.6 Å². The normalized spacial score (nSPS) is 11.6. The van der Waals surface area contributed by atoms with Gasteiger partial charge in [0.1, 0.15) is 28.6 Å². The van der Waals surface area contributed by atoms with E-state index in [0.717, 1.165) is 17.8 Å². The summed E-state index contributed by atoms with van der Waals surface area (Å²) in [5, 5.41) is 11.0. The fourth-order valence-electron chi connectivity index (χ4n) is 3.07. The van der Waals surface area contributed by atoms with Crippen LogP contribution in [0.4, 0.5) is 19.0 Å². The molecule has 0 radical (unpaired) electrons. The minimum absolute atomic E-state index is 0.136. The van der Waals surface area contributed by atoms with Gasteiger partial charge in [-0.1, -0.05) is 30.0 Å². The highest BCUT2D eigenvalue weighted by molar-refractivity contribution is 7.99. The number of hydrogen-bond acceptors (Lipinski definition) is 6. The van der Waals surface area contributed by atoms with Crippen LogP contribution in [0.2, 0.25) is 0 Å². The largest absolute Gasteiger partial charge is 0.433 e. The Kier molecular flexibility index (Phi) is 6.64. The number of benzene rings is 1. The van der Waals surface area contributed by atoms with Crippen molar-refractivity contribution in [1.29, 1.82) is 0 Å². The number of nitrogens with one attached hydrogen (secondary N) is 1. The summed E-state index contributed by atoms with van der Waals surface area (Å²) < 4.78 is 40.6. The molecule has 0 aliphatic rings. The van der Waals surface area contributed by atoms with Gasteiger partial charge in [-0.3, -0.25) is 4.79 Å². The zero-order chi connectivity index (χ0) is 24.3. The first-order chi connectivity index (χ1) is 16.2. The average Bonchev–Trinajstić information content (AvgIpc) is 3.30. The Labute approximate surface area is 197 Å². The van der Waals surface area contributed by atoms with Gasteiger partial charge in [-0.25, -0.2) is 9.97 Å². The van der Waals surface area contributed by atoms with Crippen molar-refractivity contribution < 1.29 is 18.0 Å². The Hall–Kier alpha value is -3.73. The van der Waals surface area contributed by atoms with E-state index in [2.05, 4.69) is 25.5 Å². The lowest BCUT2D eigenvalue weighted by Gasteiger charge is -2.11. The Morgan fingerprint density at radius 3 is 2.56 bits per heavy atom. The van der Waals surface area contributed by atoms with Gasteiger partial charge in [0, 0.05) is 16.5 Å². The van der Waals surface area contributed by atoms with Crippen LogP contribution in [0.3, 0.4) is 0 Å². The summed E-state index contributed by atoms with van der Waals surface area (Å²) in [7, 11) is 0. The molecular weight excluding hydrogens is 465 g/mol. The number of alkyl halides is 3. The Bertz CT molecular complexity index is 1320. The van der Waals surface area contributed by atoms with Gasteiger partial charge in [0.05, 0.1) is 0 Å². The molecule has 11 heteroatoms. The van der Waals surface area contributed by atoms with Gasteiger partial charge < -0.3 is 9.88 Å². The molecule has 1 aromatic carbocycles. The van der Waals surface area contributed by atoms with E-state index >= 15 is 0 Å². The number of halogens is 3. The van der Waals surface area contributed by atoms with Crippen molar-refractivity contribution in [2.75, 3.05) is 5.32 Å². The second kappa shape index (κ2) is 9.64. The molecule has 34 heavy (non-hydrogen) atoms. The predicted molar refractivity (Wildman–Crippen MR) is 121 cm³/mol. The van der Waals surface area contributed by atoms with Crippen molar-refractivity contribution in [3.63, 3.8) is 0 Å². The summed E-state index contributed by atoms with van der Waals surface area (Å²) >= 11 is 1.04. The van der Waals surface area contributed by atoms with Crippen LogP contribution in [-0.2, 0) is 6.18 Å². The summed E-state index contributed by atoms with van der Waals surface area (Å²) in [5.41, 5.74) is -0.0795. The monoisotopic (exact) mass is 484 g/mol. The van der Waals surface area contributed by atoms with Crippen molar-refractivity contribution in [1.82, 2.24) is 24.7 Å². The van der Waals surface area contributed by atoms with E-state index < -0.39 is 17.8 Å². The Balaban J connectivity index is 1.51. The average molecular weight is 485 g/mol. The molecule has 0 aliphatic carbocycles. The fraction of sp³-hybridized carbons (Fsp3) is 0.174. The molecule has 7 nitrogen and oxygen atoms in total. The van der Waals surface area contributed by atoms with Crippen LogP contribution in [0.15, 0.2) is 76.9 Å². The summed E-state index contributed by atoms with van der Waals surface area (Å²) in [4.78, 5) is 21.5. The SMILES string of the molecule is CC(C)n1cnnc1-c1cccc(NC(=O)c2cccc(Sc3cccc(C(F)(F)F)n3)c2)n1. The number of hydrogen-bond donors (Lipinski definition) is 1. The molecule has 0 spiro atoms. The third kappa shape index (κ3) is 5.42. The number of carbonyl (C=O) groups excluding carboxylic acids is 1. The van der Waals surface area contributed by atoms with Gasteiger partial charge in [-0.2, -0.15) is 13.2 Å². The molecule has 3 heterocycles. The van der Waals surface area contributed by atoms with Crippen molar-refractivity contribution in [3.05, 3.63) is 78.2 Å². The van der Waals surface area contributed by atoms with Gasteiger partial charge in [-0.15, -0.1) is 10.2 Å². The van der Waals surface area contributed by atoms with Crippen LogP contribution in [0, 0.1) is 0 Å². The number of anilines is 1. The minimum Gasteiger partial charge on any atom is -0.310 e. The third-order valence-corrected chi connectivity index (χ3v) is 5.61. The number of aromatic nitrogens is 5. The molecule has 0 atom stereocenters. The van der Waals surface area contributed by atoms with Crippen LogP contribution in [-0.4, -0.2) is 30.6 Å². The van der Waals surface area contributed by atoms with E-state index in [1.807, 2.05) is 18.4 Å². The molecule has 0 saturated carbocycles. The van der Waals surface area contributed by atoms with Crippen molar-refractivity contribution in [2.24, 2.45) is 0 Å². The quantitative estimate of drug-likeness (QED) is 0.376. The van der Waals surface area contributed by atoms with Crippen LogP contribution in [0.25, 0.3) is 11.5 Å². The number of pyridine rings is 2. The maximum absolute atomic E-state index is 12.9. The van der Waals surface area contributed by atoms with E-state index in [1.54, 1.807) is 48.8 Å². The first-order valence-corrected chi connectivity index (χ1v) is 11.0. The van der Waals surface area contributed by atoms with Crippen LogP contribution in [0.5, 0.6) is 0 Å². The molecule has 0 saturated heterocycles. The first kappa shape index (κ1) is 23.4. The predicted octanol–water partition coefficient (Wildman–Crippen LogP) is 5.74. The molecule has 4 aromatic rings.